The molecule has 28 heavy (non-hydrogen) atoms. The van der Waals surface area contributed by atoms with Crippen LogP contribution in [0.25, 0.3) is 10.8 Å². The minimum Gasteiger partial charge on any atom is -0.507 e. The van der Waals surface area contributed by atoms with E-state index in [2.05, 4.69) is 15.6 Å². The van der Waals surface area contributed by atoms with Crippen LogP contribution >= 0.6 is 11.6 Å². The number of amides is 1. The molecule has 0 atom stereocenters. The third-order valence-electron chi connectivity index (χ3n) is 4.17. The van der Waals surface area contributed by atoms with Crippen molar-refractivity contribution in [3.63, 3.8) is 0 Å². The summed E-state index contributed by atoms with van der Waals surface area (Å²) >= 11 is 5.89. The van der Waals surface area contributed by atoms with Crippen LogP contribution in [-0.2, 0) is 6.54 Å². The molecule has 1 aromatic heterocycles. The minimum atomic E-state index is -0.556. The van der Waals surface area contributed by atoms with Crippen LogP contribution in [0.5, 0.6) is 5.75 Å². The third-order valence-corrected chi connectivity index (χ3v) is 4.40. The second-order valence-electron chi connectivity index (χ2n) is 6.18. The van der Waals surface area contributed by atoms with Gasteiger partial charge in [-0.2, -0.15) is 10.2 Å². The van der Waals surface area contributed by atoms with Crippen LogP contribution in [0.3, 0.4) is 0 Å². The Bertz CT molecular complexity index is 1110. The fourth-order valence-corrected chi connectivity index (χ4v) is 2.89. The van der Waals surface area contributed by atoms with Gasteiger partial charge in [-0.3, -0.25) is 9.59 Å². The van der Waals surface area contributed by atoms with E-state index in [1.165, 1.54) is 23.0 Å². The summed E-state index contributed by atoms with van der Waals surface area (Å²) in [5.41, 5.74) is 2.63. The van der Waals surface area contributed by atoms with E-state index in [0.717, 1.165) is 12.8 Å². The molecule has 8 heteroatoms. The van der Waals surface area contributed by atoms with Gasteiger partial charge in [0.2, 0.25) is 0 Å². The quantitative estimate of drug-likeness (QED) is 0.491. The Kier molecular flexibility index (Phi) is 6.06. The first-order chi connectivity index (χ1) is 13.5. The van der Waals surface area contributed by atoms with Gasteiger partial charge in [-0.15, -0.1) is 0 Å². The molecule has 0 saturated carbocycles. The lowest BCUT2D eigenvalue weighted by Crippen LogP contribution is -2.29. The Morgan fingerprint density at radius 2 is 2.04 bits per heavy atom. The molecule has 0 aliphatic rings. The number of unbranched alkanes of at least 4 members (excludes halogenated alkanes) is 1. The van der Waals surface area contributed by atoms with Gasteiger partial charge < -0.3 is 5.11 Å². The molecule has 0 fully saturated rings. The highest BCUT2D eigenvalue weighted by atomic mass is 35.5. The van der Waals surface area contributed by atoms with Crippen LogP contribution < -0.4 is 11.0 Å². The number of nitrogens with zero attached hydrogens (tertiary/aromatic N) is 3. The Balaban J connectivity index is 1.92. The maximum atomic E-state index is 12.6. The van der Waals surface area contributed by atoms with Crippen molar-refractivity contribution in [1.82, 2.24) is 15.2 Å². The predicted molar refractivity (Wildman–Crippen MR) is 109 cm³/mol. The van der Waals surface area contributed by atoms with E-state index < -0.39 is 5.91 Å². The van der Waals surface area contributed by atoms with E-state index in [0.29, 0.717) is 27.9 Å². The van der Waals surface area contributed by atoms with Crippen LogP contribution in [0, 0.1) is 0 Å². The summed E-state index contributed by atoms with van der Waals surface area (Å²) in [4.78, 5) is 25.2. The van der Waals surface area contributed by atoms with E-state index in [1.807, 2.05) is 6.92 Å². The summed E-state index contributed by atoms with van der Waals surface area (Å²) in [6.07, 6.45) is 2.96. The van der Waals surface area contributed by atoms with Gasteiger partial charge in [-0.05, 0) is 30.7 Å². The molecule has 0 bridgehead atoms. The fraction of sp³-hybridized carbons (Fsp3) is 0.200. The number of halogens is 1. The number of rotatable bonds is 6. The van der Waals surface area contributed by atoms with E-state index in [9.17, 15) is 14.7 Å². The Morgan fingerprint density at radius 3 is 2.79 bits per heavy atom. The number of nitrogens with one attached hydrogen (secondary N) is 1. The Morgan fingerprint density at radius 1 is 1.29 bits per heavy atom. The van der Waals surface area contributed by atoms with Crippen LogP contribution in [-0.4, -0.2) is 27.0 Å². The highest BCUT2D eigenvalue weighted by molar-refractivity contribution is 6.30. The van der Waals surface area contributed by atoms with Crippen molar-refractivity contribution in [3.05, 3.63) is 69.1 Å². The summed E-state index contributed by atoms with van der Waals surface area (Å²) < 4.78 is 1.31. The Labute approximate surface area is 166 Å². The molecule has 1 heterocycles. The lowest BCUT2D eigenvalue weighted by molar-refractivity contribution is 0.0949. The van der Waals surface area contributed by atoms with Crippen LogP contribution in [0.15, 0.2) is 52.4 Å². The normalized spacial score (nSPS) is 11.2. The zero-order valence-electron chi connectivity index (χ0n) is 15.2. The first kappa shape index (κ1) is 19.6. The number of hydrogen-bond donors (Lipinski definition) is 2. The van der Waals surface area contributed by atoms with Gasteiger partial charge in [0.25, 0.3) is 11.5 Å². The van der Waals surface area contributed by atoms with Gasteiger partial charge in [0.05, 0.1) is 11.6 Å². The molecule has 0 aliphatic carbocycles. The lowest BCUT2D eigenvalue weighted by atomic mass is 10.1. The SMILES string of the molecule is CCCCn1nc(C(=O)N/N=C/c2cc(Cl)ccc2O)c2ccccc2c1=O. The largest absolute Gasteiger partial charge is 0.507 e. The molecule has 3 aromatic rings. The lowest BCUT2D eigenvalue weighted by Gasteiger charge is -2.09. The topological polar surface area (TPSA) is 96.6 Å². The number of benzene rings is 2. The van der Waals surface area contributed by atoms with Crippen LogP contribution in [0.1, 0.15) is 35.8 Å². The average molecular weight is 399 g/mol. The summed E-state index contributed by atoms with van der Waals surface area (Å²) in [5.74, 6) is -0.571. The average Bonchev–Trinajstić information content (AvgIpc) is 2.70. The van der Waals surface area contributed by atoms with Crippen molar-refractivity contribution in [3.8, 4) is 5.75 Å². The second-order valence-corrected chi connectivity index (χ2v) is 6.61. The van der Waals surface area contributed by atoms with Crippen molar-refractivity contribution < 1.29 is 9.90 Å². The number of aryl methyl sites for hydroxylation is 1. The van der Waals surface area contributed by atoms with E-state index in [-0.39, 0.29) is 17.0 Å². The number of phenols is 1. The number of hydrogen-bond acceptors (Lipinski definition) is 5. The number of carbonyl (C=O) groups is 1. The molecule has 0 aliphatic heterocycles. The highest BCUT2D eigenvalue weighted by Gasteiger charge is 2.16. The second kappa shape index (κ2) is 8.67. The molecule has 0 radical (unpaired) electrons. The molecule has 144 valence electrons. The molecule has 3 rings (SSSR count). The first-order valence-electron chi connectivity index (χ1n) is 8.83. The molecule has 2 N–H and O–H groups in total. The van der Waals surface area contributed by atoms with Crippen molar-refractivity contribution in [1.29, 1.82) is 0 Å². The maximum absolute atomic E-state index is 12.6. The summed E-state index contributed by atoms with van der Waals surface area (Å²) in [7, 11) is 0. The number of hydrazone groups is 1. The predicted octanol–water partition coefficient (Wildman–Crippen LogP) is 3.32. The van der Waals surface area contributed by atoms with Gasteiger partial charge >= 0.3 is 0 Å². The Hall–Kier alpha value is -3.19. The van der Waals surface area contributed by atoms with Crippen LogP contribution in [0.4, 0.5) is 0 Å². The molecule has 0 unspecified atom stereocenters. The van der Waals surface area contributed by atoms with Crippen molar-refractivity contribution in [2.45, 2.75) is 26.3 Å². The van der Waals surface area contributed by atoms with Gasteiger partial charge in [-0.1, -0.05) is 43.1 Å². The van der Waals surface area contributed by atoms with Crippen molar-refractivity contribution >= 4 is 34.5 Å². The summed E-state index contributed by atoms with van der Waals surface area (Å²) in [6, 6.07) is 11.3. The molecular formula is C20H19ClN4O3. The van der Waals surface area contributed by atoms with Gasteiger partial charge in [0, 0.05) is 22.5 Å². The number of aromatic nitrogens is 2. The smallest absolute Gasteiger partial charge is 0.292 e. The van der Waals surface area contributed by atoms with Gasteiger partial charge in [0.1, 0.15) is 5.75 Å². The third kappa shape index (κ3) is 4.20. The van der Waals surface area contributed by atoms with E-state index in [4.69, 9.17) is 11.6 Å². The van der Waals surface area contributed by atoms with Gasteiger partial charge in [0.15, 0.2) is 5.69 Å². The molecule has 1 amide bonds. The minimum absolute atomic E-state index is 0.0147. The number of carbonyl (C=O) groups excluding carboxylic acids is 1. The number of aromatic hydroxyl groups is 1. The number of phenolic OH excluding ortho intramolecular Hbond substituents is 1. The van der Waals surface area contributed by atoms with E-state index in [1.54, 1.807) is 30.3 Å². The molecule has 0 spiro atoms. The summed E-state index contributed by atoms with van der Waals surface area (Å²) in [5, 5.41) is 19.2. The van der Waals surface area contributed by atoms with Crippen molar-refractivity contribution in [2.24, 2.45) is 5.10 Å². The zero-order chi connectivity index (χ0) is 20.1. The van der Waals surface area contributed by atoms with Crippen molar-refractivity contribution in [2.75, 3.05) is 0 Å². The molecule has 0 saturated heterocycles. The fourth-order valence-electron chi connectivity index (χ4n) is 2.70. The molecule has 7 nitrogen and oxygen atoms in total. The first-order valence-corrected chi connectivity index (χ1v) is 9.21. The zero-order valence-corrected chi connectivity index (χ0v) is 16.0. The standard InChI is InChI=1S/C20H19ClN4O3/c1-2-3-10-25-20(28)16-7-5-4-6-15(16)18(24-25)19(27)23-22-12-13-11-14(21)8-9-17(13)26/h4-9,11-12,26H,2-3,10H2,1H3,(H,23,27)/b22-12+. The summed E-state index contributed by atoms with van der Waals surface area (Å²) in [6.45, 7) is 2.44. The maximum Gasteiger partial charge on any atom is 0.292 e. The monoisotopic (exact) mass is 398 g/mol. The highest BCUT2D eigenvalue weighted by Crippen LogP contribution is 2.19. The molecule has 2 aromatic carbocycles. The van der Waals surface area contributed by atoms with Gasteiger partial charge in [-0.25, -0.2) is 10.1 Å². The van der Waals surface area contributed by atoms with Crippen LogP contribution in [0.2, 0.25) is 5.02 Å². The molecular weight excluding hydrogens is 380 g/mol. The number of fused-ring (bicyclic) bond motifs is 1. The van der Waals surface area contributed by atoms with E-state index >= 15 is 0 Å².